The first-order chi connectivity index (χ1) is 8.77. The van der Waals surface area contributed by atoms with Crippen molar-refractivity contribution in [2.75, 3.05) is 6.26 Å². The Kier molecular flexibility index (Phi) is 3.43. The molecule has 1 fully saturated rings. The Morgan fingerprint density at radius 1 is 1.26 bits per heavy atom. The van der Waals surface area contributed by atoms with Gasteiger partial charge in [0, 0.05) is 6.26 Å². The third kappa shape index (κ3) is 2.39. The largest absolute Gasteiger partial charge is 0.481 e. The number of sulfone groups is 1. The number of carboxylic acids is 1. The molecule has 0 aromatic heterocycles. The van der Waals surface area contributed by atoms with Gasteiger partial charge in [-0.05, 0) is 43.0 Å². The average molecular weight is 282 g/mol. The van der Waals surface area contributed by atoms with E-state index in [1.807, 2.05) is 0 Å². The summed E-state index contributed by atoms with van der Waals surface area (Å²) < 4.78 is 23.0. The molecule has 1 aromatic rings. The van der Waals surface area contributed by atoms with Crippen molar-refractivity contribution < 1.29 is 18.3 Å². The summed E-state index contributed by atoms with van der Waals surface area (Å²) in [5.74, 6) is -0.805. The van der Waals surface area contributed by atoms with Gasteiger partial charge < -0.3 is 5.11 Å². The average Bonchev–Trinajstić information content (AvgIpc) is 2.77. The van der Waals surface area contributed by atoms with Gasteiger partial charge in [0.05, 0.1) is 10.3 Å². The SMILES string of the molecule is Cc1cc(S(C)(=O)=O)ccc1C1(C(=O)O)CCCC1. The van der Waals surface area contributed by atoms with Crippen molar-refractivity contribution >= 4 is 15.8 Å². The lowest BCUT2D eigenvalue weighted by Crippen LogP contribution is -2.33. The fourth-order valence-corrected chi connectivity index (χ4v) is 3.69. The van der Waals surface area contributed by atoms with Crippen molar-refractivity contribution in [2.24, 2.45) is 0 Å². The first kappa shape index (κ1) is 14.1. The van der Waals surface area contributed by atoms with Crippen LogP contribution in [0.5, 0.6) is 0 Å². The lowest BCUT2D eigenvalue weighted by atomic mass is 9.77. The summed E-state index contributed by atoms with van der Waals surface area (Å²) >= 11 is 0. The van der Waals surface area contributed by atoms with E-state index in [0.717, 1.165) is 30.2 Å². The van der Waals surface area contributed by atoms with Crippen LogP contribution in [0.3, 0.4) is 0 Å². The molecule has 2 rings (SSSR count). The van der Waals surface area contributed by atoms with Crippen LogP contribution in [-0.4, -0.2) is 25.7 Å². The second kappa shape index (κ2) is 4.63. The monoisotopic (exact) mass is 282 g/mol. The van der Waals surface area contributed by atoms with Gasteiger partial charge in [-0.15, -0.1) is 0 Å². The van der Waals surface area contributed by atoms with Crippen molar-refractivity contribution in [3.63, 3.8) is 0 Å². The van der Waals surface area contributed by atoms with Gasteiger partial charge >= 0.3 is 5.97 Å². The Bertz CT molecular complexity index is 610. The van der Waals surface area contributed by atoms with Gasteiger partial charge in [-0.25, -0.2) is 8.42 Å². The zero-order chi connectivity index (χ0) is 14.3. The van der Waals surface area contributed by atoms with Crippen LogP contribution >= 0.6 is 0 Å². The van der Waals surface area contributed by atoms with E-state index in [9.17, 15) is 18.3 Å². The molecule has 0 atom stereocenters. The van der Waals surface area contributed by atoms with Crippen LogP contribution in [-0.2, 0) is 20.0 Å². The molecule has 104 valence electrons. The molecule has 5 heteroatoms. The highest BCUT2D eigenvalue weighted by atomic mass is 32.2. The van der Waals surface area contributed by atoms with Crippen LogP contribution in [0.2, 0.25) is 0 Å². The van der Waals surface area contributed by atoms with Crippen molar-refractivity contribution in [1.82, 2.24) is 0 Å². The summed E-state index contributed by atoms with van der Waals surface area (Å²) in [6, 6.07) is 4.76. The summed E-state index contributed by atoms with van der Waals surface area (Å²) in [5, 5.41) is 9.55. The zero-order valence-electron chi connectivity index (χ0n) is 11.1. The predicted molar refractivity (Wildman–Crippen MR) is 72.1 cm³/mol. The highest BCUT2D eigenvalue weighted by Gasteiger charge is 2.43. The fourth-order valence-electron chi connectivity index (χ4n) is 2.98. The maximum absolute atomic E-state index is 11.6. The molecule has 1 aliphatic rings. The highest BCUT2D eigenvalue weighted by Crippen LogP contribution is 2.43. The van der Waals surface area contributed by atoms with Crippen molar-refractivity contribution in [3.05, 3.63) is 29.3 Å². The molecule has 1 aliphatic carbocycles. The minimum Gasteiger partial charge on any atom is -0.481 e. The summed E-state index contributed by atoms with van der Waals surface area (Å²) in [5.41, 5.74) is 0.664. The lowest BCUT2D eigenvalue weighted by molar-refractivity contribution is -0.143. The van der Waals surface area contributed by atoms with Gasteiger partial charge in [-0.3, -0.25) is 4.79 Å². The quantitative estimate of drug-likeness (QED) is 0.923. The number of aliphatic carboxylic acids is 1. The standard InChI is InChI=1S/C14H18O4S/c1-10-9-11(19(2,17)18)5-6-12(10)14(13(15)16)7-3-4-8-14/h5-6,9H,3-4,7-8H2,1-2H3,(H,15,16). The molecule has 19 heavy (non-hydrogen) atoms. The minimum atomic E-state index is -3.25. The second-order valence-corrected chi connectivity index (χ2v) is 7.36. The molecule has 4 nitrogen and oxygen atoms in total. The maximum atomic E-state index is 11.6. The molecule has 1 aromatic carbocycles. The van der Waals surface area contributed by atoms with E-state index in [-0.39, 0.29) is 4.90 Å². The third-order valence-electron chi connectivity index (χ3n) is 4.01. The van der Waals surface area contributed by atoms with E-state index in [4.69, 9.17) is 0 Å². The van der Waals surface area contributed by atoms with Gasteiger partial charge in [0.2, 0.25) is 0 Å². The highest BCUT2D eigenvalue weighted by molar-refractivity contribution is 7.90. The number of hydrogen-bond donors (Lipinski definition) is 1. The third-order valence-corrected chi connectivity index (χ3v) is 5.12. The van der Waals surface area contributed by atoms with E-state index >= 15 is 0 Å². The van der Waals surface area contributed by atoms with Crippen LogP contribution in [0.1, 0.15) is 36.8 Å². The molecule has 1 N–H and O–H groups in total. The molecular formula is C14H18O4S. The lowest BCUT2D eigenvalue weighted by Gasteiger charge is -2.26. The van der Waals surface area contributed by atoms with Crippen LogP contribution in [0.25, 0.3) is 0 Å². The van der Waals surface area contributed by atoms with E-state index in [1.54, 1.807) is 19.1 Å². The molecule has 0 amide bonds. The Balaban J connectivity index is 2.55. The molecule has 0 heterocycles. The van der Waals surface area contributed by atoms with Crippen molar-refractivity contribution in [3.8, 4) is 0 Å². The first-order valence-corrected chi connectivity index (χ1v) is 8.21. The Morgan fingerprint density at radius 2 is 1.84 bits per heavy atom. The summed E-state index contributed by atoms with van der Waals surface area (Å²) in [7, 11) is -3.25. The molecule has 0 spiro atoms. The number of hydrogen-bond acceptors (Lipinski definition) is 3. The van der Waals surface area contributed by atoms with E-state index in [1.165, 1.54) is 6.07 Å². The van der Waals surface area contributed by atoms with Gasteiger partial charge in [-0.2, -0.15) is 0 Å². The number of rotatable bonds is 3. The Labute approximate surface area is 113 Å². The molecule has 0 bridgehead atoms. The first-order valence-electron chi connectivity index (χ1n) is 6.32. The molecule has 0 aliphatic heterocycles. The van der Waals surface area contributed by atoms with Crippen LogP contribution in [0.4, 0.5) is 0 Å². The van der Waals surface area contributed by atoms with Crippen LogP contribution in [0.15, 0.2) is 23.1 Å². The molecular weight excluding hydrogens is 264 g/mol. The Hall–Kier alpha value is -1.36. The fraction of sp³-hybridized carbons (Fsp3) is 0.500. The predicted octanol–water partition coefficient (Wildman–Crippen LogP) is 2.29. The van der Waals surface area contributed by atoms with Gasteiger partial charge in [0.1, 0.15) is 0 Å². The molecule has 1 saturated carbocycles. The minimum absolute atomic E-state index is 0.243. The number of aryl methyl sites for hydroxylation is 1. The maximum Gasteiger partial charge on any atom is 0.314 e. The van der Waals surface area contributed by atoms with E-state index in [0.29, 0.717) is 12.8 Å². The van der Waals surface area contributed by atoms with Gasteiger partial charge in [0.15, 0.2) is 9.84 Å². The normalized spacial score (nSPS) is 18.4. The Morgan fingerprint density at radius 3 is 2.26 bits per heavy atom. The van der Waals surface area contributed by atoms with E-state index < -0.39 is 21.2 Å². The van der Waals surface area contributed by atoms with Crippen LogP contribution < -0.4 is 0 Å². The zero-order valence-corrected chi connectivity index (χ0v) is 12.0. The summed E-state index contributed by atoms with van der Waals surface area (Å²) in [6.07, 6.45) is 4.21. The molecule has 0 saturated heterocycles. The van der Waals surface area contributed by atoms with Crippen molar-refractivity contribution in [1.29, 1.82) is 0 Å². The van der Waals surface area contributed by atoms with Gasteiger partial charge in [-0.1, -0.05) is 18.9 Å². The molecule has 0 unspecified atom stereocenters. The smallest absolute Gasteiger partial charge is 0.314 e. The van der Waals surface area contributed by atoms with Gasteiger partial charge in [0.25, 0.3) is 0 Å². The second-order valence-electron chi connectivity index (χ2n) is 5.34. The van der Waals surface area contributed by atoms with Crippen molar-refractivity contribution in [2.45, 2.75) is 42.9 Å². The number of carboxylic acid groups (broad SMARTS) is 1. The summed E-state index contributed by atoms with van der Waals surface area (Å²) in [6.45, 7) is 1.78. The number of benzene rings is 1. The summed E-state index contributed by atoms with van der Waals surface area (Å²) in [4.78, 5) is 11.9. The topological polar surface area (TPSA) is 71.4 Å². The van der Waals surface area contributed by atoms with E-state index in [2.05, 4.69) is 0 Å². The van der Waals surface area contributed by atoms with Crippen LogP contribution in [0, 0.1) is 6.92 Å². The number of carbonyl (C=O) groups is 1. The molecule has 0 radical (unpaired) electrons.